The Hall–Kier alpha value is -1.93. The second-order valence-electron chi connectivity index (χ2n) is 7.04. The van der Waals surface area contributed by atoms with E-state index in [-0.39, 0.29) is 17.0 Å². The number of carbonyl (C=O) groups excluding carboxylic acids is 1. The summed E-state index contributed by atoms with van der Waals surface area (Å²) >= 11 is 0. The maximum absolute atomic E-state index is 10.9. The highest BCUT2D eigenvalue weighted by Crippen LogP contribution is 2.46. The first-order valence-corrected chi connectivity index (χ1v) is 8.02. The van der Waals surface area contributed by atoms with E-state index in [0.717, 1.165) is 11.1 Å². The molecule has 2 aromatic rings. The molecule has 2 heteroatoms. The van der Waals surface area contributed by atoms with Gasteiger partial charge in [0.25, 0.3) is 0 Å². The van der Waals surface area contributed by atoms with Crippen LogP contribution in [-0.2, 0) is 15.9 Å². The molecule has 0 bridgehead atoms. The Labute approximate surface area is 139 Å². The van der Waals surface area contributed by atoms with Gasteiger partial charge in [0.1, 0.15) is 0 Å². The number of rotatable bonds is 1. The van der Waals surface area contributed by atoms with E-state index in [1.54, 1.807) is 6.92 Å². The van der Waals surface area contributed by atoms with E-state index in [0.29, 0.717) is 0 Å². The Bertz CT molecular complexity index is 678. The minimum absolute atomic E-state index is 0.137. The van der Waals surface area contributed by atoms with E-state index >= 15 is 0 Å². The average molecular weight is 310 g/mol. The molecule has 0 saturated heterocycles. The number of ketones is 1. The zero-order valence-corrected chi connectivity index (χ0v) is 14.9. The van der Waals surface area contributed by atoms with Gasteiger partial charge in [0.2, 0.25) is 0 Å². The molecule has 0 spiro atoms. The first-order chi connectivity index (χ1) is 10.6. The van der Waals surface area contributed by atoms with Crippen LogP contribution in [0.4, 0.5) is 0 Å². The van der Waals surface area contributed by atoms with Crippen LogP contribution in [0.25, 0.3) is 0 Å². The predicted octanol–water partition coefficient (Wildman–Crippen LogP) is 5.38. The third kappa shape index (κ3) is 3.70. The fourth-order valence-corrected chi connectivity index (χ4v) is 3.25. The minimum atomic E-state index is -0.139. The number of Topliss-reactive ketones (excluding diaryl/α,β-unsaturated/α-hetero) is 1. The number of carbonyl (C=O) groups is 1. The van der Waals surface area contributed by atoms with Gasteiger partial charge in [-0.1, -0.05) is 48.5 Å². The molecule has 0 aliphatic carbocycles. The quantitative estimate of drug-likeness (QED) is 0.661. The Kier molecular flexibility index (Phi) is 4.76. The fraction of sp³-hybridized carbons (Fsp3) is 0.381. The Morgan fingerprint density at radius 2 is 1.26 bits per heavy atom. The van der Waals surface area contributed by atoms with Crippen LogP contribution < -0.4 is 0 Å². The van der Waals surface area contributed by atoms with Crippen molar-refractivity contribution in [3.05, 3.63) is 70.8 Å². The number of ether oxygens (including phenoxy) is 1. The average Bonchev–Trinajstić information content (AvgIpc) is 2.66. The van der Waals surface area contributed by atoms with Crippen LogP contribution >= 0.6 is 0 Å². The summed E-state index contributed by atoms with van der Waals surface area (Å²) in [4.78, 5) is 10.9. The summed E-state index contributed by atoms with van der Waals surface area (Å²) in [5.74, 6) is 0.137. The van der Waals surface area contributed by atoms with Crippen molar-refractivity contribution in [3.63, 3.8) is 0 Å². The van der Waals surface area contributed by atoms with Gasteiger partial charge in [-0.25, -0.2) is 0 Å². The van der Waals surface area contributed by atoms with Gasteiger partial charge in [-0.2, -0.15) is 0 Å². The van der Waals surface area contributed by atoms with Gasteiger partial charge in [0.15, 0.2) is 5.78 Å². The number of aryl methyl sites for hydroxylation is 1. The molecule has 0 radical (unpaired) electrons. The van der Waals surface area contributed by atoms with Crippen molar-refractivity contribution in [2.45, 2.75) is 52.7 Å². The molecule has 0 saturated carbocycles. The van der Waals surface area contributed by atoms with Crippen molar-refractivity contribution in [2.24, 2.45) is 0 Å². The molecule has 0 amide bonds. The predicted molar refractivity (Wildman–Crippen MR) is 94.8 cm³/mol. The molecule has 1 aliphatic heterocycles. The lowest BCUT2D eigenvalue weighted by molar-refractivity contribution is -0.105. The number of fused-ring (bicyclic) bond motifs is 1. The topological polar surface area (TPSA) is 26.3 Å². The largest absolute Gasteiger partial charge is 0.360 e. The van der Waals surface area contributed by atoms with Gasteiger partial charge in [0, 0.05) is 5.56 Å². The lowest BCUT2D eigenvalue weighted by Crippen LogP contribution is -2.22. The van der Waals surface area contributed by atoms with Crippen molar-refractivity contribution in [1.29, 1.82) is 0 Å². The summed E-state index contributed by atoms with van der Waals surface area (Å²) in [6.07, 6.45) is 0. The summed E-state index contributed by atoms with van der Waals surface area (Å²) in [5.41, 5.74) is 4.23. The lowest BCUT2D eigenvalue weighted by Gasteiger charge is -2.24. The van der Waals surface area contributed by atoms with Crippen molar-refractivity contribution in [1.82, 2.24) is 0 Å². The molecule has 0 atom stereocenters. The normalized spacial score (nSPS) is 17.0. The molecule has 23 heavy (non-hydrogen) atoms. The number of benzene rings is 2. The molecule has 2 nitrogen and oxygen atoms in total. The molecule has 2 aromatic carbocycles. The van der Waals surface area contributed by atoms with Gasteiger partial charge in [0.05, 0.1) is 11.2 Å². The molecule has 1 aliphatic rings. The third-order valence-corrected chi connectivity index (χ3v) is 4.26. The molecule has 0 aromatic heterocycles. The molecular formula is C21H26O2. The van der Waals surface area contributed by atoms with Crippen LogP contribution in [0.5, 0.6) is 0 Å². The second kappa shape index (κ2) is 6.29. The molecule has 0 fully saturated rings. The van der Waals surface area contributed by atoms with Crippen molar-refractivity contribution >= 4 is 5.78 Å². The molecule has 3 rings (SSSR count). The highest BCUT2D eigenvalue weighted by Gasteiger charge is 2.42. The van der Waals surface area contributed by atoms with Crippen LogP contribution in [0.15, 0.2) is 48.5 Å². The summed E-state index contributed by atoms with van der Waals surface area (Å²) < 4.78 is 6.01. The van der Waals surface area contributed by atoms with Gasteiger partial charge in [-0.05, 0) is 58.2 Å². The first kappa shape index (κ1) is 17.4. The van der Waals surface area contributed by atoms with E-state index in [4.69, 9.17) is 4.74 Å². The Morgan fingerprint density at radius 3 is 1.65 bits per heavy atom. The van der Waals surface area contributed by atoms with Crippen LogP contribution in [0.3, 0.4) is 0 Å². The van der Waals surface area contributed by atoms with Crippen LogP contribution in [0.1, 0.15) is 61.7 Å². The number of hydrogen-bond acceptors (Lipinski definition) is 2. The highest BCUT2D eigenvalue weighted by atomic mass is 16.5. The van der Waals surface area contributed by atoms with Gasteiger partial charge in [-0.15, -0.1) is 0 Å². The Morgan fingerprint density at radius 1 is 0.826 bits per heavy atom. The summed E-state index contributed by atoms with van der Waals surface area (Å²) in [6.45, 7) is 12.0. The molecular weight excluding hydrogens is 284 g/mol. The van der Waals surface area contributed by atoms with E-state index in [9.17, 15) is 4.79 Å². The standard InChI is InChI=1S/C12H16O.C9H10O/c1-11(2)9-7-5-6-8-10(9)12(3,4)13-11;1-7-5-3-4-6-9(7)8(2)10/h5-8H,1-4H3;3-6H,1-2H3. The fourth-order valence-electron chi connectivity index (χ4n) is 3.25. The molecule has 122 valence electrons. The van der Waals surface area contributed by atoms with Gasteiger partial charge in [-0.3, -0.25) is 4.79 Å². The van der Waals surface area contributed by atoms with Crippen LogP contribution in [-0.4, -0.2) is 5.78 Å². The molecule has 0 N–H and O–H groups in total. The van der Waals surface area contributed by atoms with E-state index in [1.165, 1.54) is 11.1 Å². The molecule has 1 heterocycles. The van der Waals surface area contributed by atoms with Crippen molar-refractivity contribution in [3.8, 4) is 0 Å². The zero-order chi connectivity index (χ0) is 17.3. The first-order valence-electron chi connectivity index (χ1n) is 8.02. The summed E-state index contributed by atoms with van der Waals surface area (Å²) in [7, 11) is 0. The van der Waals surface area contributed by atoms with E-state index in [1.807, 2.05) is 31.2 Å². The second-order valence-corrected chi connectivity index (χ2v) is 7.04. The van der Waals surface area contributed by atoms with Gasteiger partial charge >= 0.3 is 0 Å². The molecule has 0 unspecified atom stereocenters. The number of hydrogen-bond donors (Lipinski definition) is 0. The maximum atomic E-state index is 10.9. The van der Waals surface area contributed by atoms with E-state index < -0.39 is 0 Å². The maximum Gasteiger partial charge on any atom is 0.160 e. The third-order valence-electron chi connectivity index (χ3n) is 4.26. The highest BCUT2D eigenvalue weighted by molar-refractivity contribution is 5.95. The lowest BCUT2D eigenvalue weighted by atomic mass is 9.91. The zero-order valence-electron chi connectivity index (χ0n) is 14.9. The summed E-state index contributed by atoms with van der Waals surface area (Å²) in [5, 5.41) is 0. The minimum Gasteiger partial charge on any atom is -0.360 e. The Balaban J connectivity index is 0.000000174. The van der Waals surface area contributed by atoms with Crippen molar-refractivity contribution in [2.75, 3.05) is 0 Å². The smallest absolute Gasteiger partial charge is 0.160 e. The van der Waals surface area contributed by atoms with Gasteiger partial charge < -0.3 is 4.74 Å². The van der Waals surface area contributed by atoms with Crippen LogP contribution in [0, 0.1) is 6.92 Å². The summed E-state index contributed by atoms with van der Waals surface area (Å²) in [6, 6.07) is 16.1. The monoisotopic (exact) mass is 310 g/mol. The van der Waals surface area contributed by atoms with Crippen LogP contribution in [0.2, 0.25) is 0 Å². The van der Waals surface area contributed by atoms with E-state index in [2.05, 4.69) is 52.0 Å². The SMILES string of the molecule is CC(=O)c1ccccc1C.CC1(C)OC(C)(C)c2ccccc21. The van der Waals surface area contributed by atoms with Crippen molar-refractivity contribution < 1.29 is 9.53 Å².